The van der Waals surface area contributed by atoms with Gasteiger partial charge in [0.15, 0.2) is 10.9 Å². The van der Waals surface area contributed by atoms with Crippen LogP contribution < -0.4 is 5.32 Å². The van der Waals surface area contributed by atoms with Gasteiger partial charge in [-0.05, 0) is 24.6 Å². The van der Waals surface area contributed by atoms with E-state index in [0.29, 0.717) is 15.7 Å². The van der Waals surface area contributed by atoms with Crippen molar-refractivity contribution < 1.29 is 9.59 Å². The molecule has 0 saturated heterocycles. The van der Waals surface area contributed by atoms with E-state index in [0.717, 1.165) is 10.0 Å². The summed E-state index contributed by atoms with van der Waals surface area (Å²) in [7, 11) is 0. The van der Waals surface area contributed by atoms with E-state index in [2.05, 4.69) is 26.2 Å². The molecule has 0 radical (unpaired) electrons. The first kappa shape index (κ1) is 14.9. The van der Waals surface area contributed by atoms with Gasteiger partial charge in [-0.1, -0.05) is 39.4 Å². The first-order valence-electron chi connectivity index (χ1n) is 5.98. The Kier molecular flexibility index (Phi) is 4.67. The van der Waals surface area contributed by atoms with E-state index < -0.39 is 0 Å². The average Bonchev–Trinajstić information content (AvgIpc) is 2.73. The zero-order chi connectivity index (χ0) is 14.7. The highest BCUT2D eigenvalue weighted by atomic mass is 79.9. The summed E-state index contributed by atoms with van der Waals surface area (Å²) in [6, 6.07) is 7.56. The fraction of sp³-hybridized carbons (Fsp3) is 0.214. The molecule has 1 amide bonds. The molecular weight excluding hydrogens is 340 g/mol. The number of hydrogen-bond donors (Lipinski definition) is 1. The Morgan fingerprint density at radius 1 is 1.30 bits per heavy atom. The Morgan fingerprint density at radius 2 is 1.95 bits per heavy atom. The van der Waals surface area contributed by atoms with Crippen LogP contribution in [0.15, 0.2) is 28.7 Å². The second-order valence-electron chi connectivity index (χ2n) is 4.34. The molecule has 2 rings (SSSR count). The quantitative estimate of drug-likeness (QED) is 0.855. The largest absolute Gasteiger partial charge is 0.302 e. The standard InChI is InChI=1S/C14H13BrN2O2S/c1-8-13(9(2)18)20-14(16-8)17-12(19)7-10-3-5-11(15)6-4-10/h3-6H,7H2,1-2H3,(H,16,17,19). The topological polar surface area (TPSA) is 59.1 Å². The summed E-state index contributed by atoms with van der Waals surface area (Å²) in [6.07, 6.45) is 0.279. The lowest BCUT2D eigenvalue weighted by Gasteiger charge is -2.02. The van der Waals surface area contributed by atoms with Gasteiger partial charge in [0.1, 0.15) is 0 Å². The maximum atomic E-state index is 11.9. The van der Waals surface area contributed by atoms with Crippen molar-refractivity contribution in [3.63, 3.8) is 0 Å². The van der Waals surface area contributed by atoms with Gasteiger partial charge in [-0.3, -0.25) is 9.59 Å². The Hall–Kier alpha value is -1.53. The third-order valence-electron chi connectivity index (χ3n) is 2.64. The SMILES string of the molecule is CC(=O)c1sc(NC(=O)Cc2ccc(Br)cc2)nc1C. The van der Waals surface area contributed by atoms with Gasteiger partial charge in [0.05, 0.1) is 17.0 Å². The van der Waals surface area contributed by atoms with Crippen LogP contribution in [0.25, 0.3) is 0 Å². The van der Waals surface area contributed by atoms with E-state index in [-0.39, 0.29) is 18.1 Å². The molecule has 0 spiro atoms. The first-order chi connectivity index (χ1) is 9.45. The number of benzene rings is 1. The number of thiazole rings is 1. The molecule has 0 aliphatic heterocycles. The number of ketones is 1. The van der Waals surface area contributed by atoms with Gasteiger partial charge >= 0.3 is 0 Å². The van der Waals surface area contributed by atoms with Gasteiger partial charge < -0.3 is 5.32 Å². The van der Waals surface area contributed by atoms with Crippen LogP contribution in [0.5, 0.6) is 0 Å². The molecule has 104 valence electrons. The molecule has 1 heterocycles. The lowest BCUT2D eigenvalue weighted by molar-refractivity contribution is -0.115. The Bertz CT molecular complexity index is 650. The number of carbonyl (C=O) groups excluding carboxylic acids is 2. The fourth-order valence-corrected chi connectivity index (χ4v) is 2.87. The van der Waals surface area contributed by atoms with Crippen molar-refractivity contribution in [3.8, 4) is 0 Å². The summed E-state index contributed by atoms with van der Waals surface area (Å²) >= 11 is 4.56. The molecule has 1 aromatic carbocycles. The smallest absolute Gasteiger partial charge is 0.230 e. The number of rotatable bonds is 4. The third kappa shape index (κ3) is 3.74. The number of anilines is 1. The van der Waals surface area contributed by atoms with Gasteiger partial charge in [0, 0.05) is 11.4 Å². The van der Waals surface area contributed by atoms with E-state index >= 15 is 0 Å². The molecule has 6 heteroatoms. The highest BCUT2D eigenvalue weighted by Gasteiger charge is 2.13. The number of halogens is 1. The van der Waals surface area contributed by atoms with Gasteiger partial charge in [0.2, 0.25) is 5.91 Å². The van der Waals surface area contributed by atoms with Gasteiger partial charge in [-0.25, -0.2) is 4.98 Å². The summed E-state index contributed by atoms with van der Waals surface area (Å²) in [5.74, 6) is -0.176. The second kappa shape index (κ2) is 6.28. The van der Waals surface area contributed by atoms with E-state index in [4.69, 9.17) is 0 Å². The van der Waals surface area contributed by atoms with Crippen molar-refractivity contribution in [1.82, 2.24) is 4.98 Å². The molecule has 0 atom stereocenters. The molecule has 1 aromatic heterocycles. The van der Waals surface area contributed by atoms with Crippen LogP contribution in [0.4, 0.5) is 5.13 Å². The Labute approximate surface area is 129 Å². The minimum atomic E-state index is -0.142. The van der Waals surface area contributed by atoms with E-state index in [1.807, 2.05) is 24.3 Å². The lowest BCUT2D eigenvalue weighted by atomic mass is 10.1. The molecule has 2 aromatic rings. The van der Waals surface area contributed by atoms with E-state index in [9.17, 15) is 9.59 Å². The average molecular weight is 353 g/mol. The summed E-state index contributed by atoms with van der Waals surface area (Å²) in [6.45, 7) is 3.26. The minimum absolute atomic E-state index is 0.0339. The Balaban J connectivity index is 2.03. The number of carbonyl (C=O) groups is 2. The molecular formula is C14H13BrN2O2S. The summed E-state index contributed by atoms with van der Waals surface area (Å²) in [4.78, 5) is 28.0. The van der Waals surface area contributed by atoms with Crippen LogP contribution >= 0.6 is 27.3 Å². The van der Waals surface area contributed by atoms with Crippen molar-refractivity contribution in [2.75, 3.05) is 5.32 Å². The van der Waals surface area contributed by atoms with Crippen LogP contribution in [-0.4, -0.2) is 16.7 Å². The van der Waals surface area contributed by atoms with Crippen LogP contribution in [-0.2, 0) is 11.2 Å². The molecule has 20 heavy (non-hydrogen) atoms. The second-order valence-corrected chi connectivity index (χ2v) is 6.26. The van der Waals surface area contributed by atoms with Crippen LogP contribution in [0, 0.1) is 6.92 Å². The molecule has 0 unspecified atom stereocenters. The maximum absolute atomic E-state index is 11.9. The number of hydrogen-bond acceptors (Lipinski definition) is 4. The number of Topliss-reactive ketones (excluding diaryl/α,β-unsaturated/α-hetero) is 1. The van der Waals surface area contributed by atoms with Gasteiger partial charge in [-0.15, -0.1) is 0 Å². The lowest BCUT2D eigenvalue weighted by Crippen LogP contribution is -2.14. The molecule has 0 aliphatic rings. The predicted molar refractivity (Wildman–Crippen MR) is 83.3 cm³/mol. The maximum Gasteiger partial charge on any atom is 0.230 e. The summed E-state index contributed by atoms with van der Waals surface area (Å²) in [5, 5.41) is 3.19. The molecule has 0 fully saturated rings. The minimum Gasteiger partial charge on any atom is -0.302 e. The van der Waals surface area contributed by atoms with Crippen molar-refractivity contribution in [3.05, 3.63) is 44.9 Å². The highest BCUT2D eigenvalue weighted by molar-refractivity contribution is 9.10. The number of amides is 1. The molecule has 1 N–H and O–H groups in total. The summed E-state index contributed by atoms with van der Waals surface area (Å²) < 4.78 is 0.975. The van der Waals surface area contributed by atoms with Crippen LogP contribution in [0.1, 0.15) is 27.9 Å². The zero-order valence-electron chi connectivity index (χ0n) is 11.1. The van der Waals surface area contributed by atoms with Crippen molar-refractivity contribution in [2.24, 2.45) is 0 Å². The molecule has 0 saturated carbocycles. The van der Waals surface area contributed by atoms with Gasteiger partial charge in [-0.2, -0.15) is 0 Å². The number of nitrogens with zero attached hydrogens (tertiary/aromatic N) is 1. The van der Waals surface area contributed by atoms with Gasteiger partial charge in [0.25, 0.3) is 0 Å². The van der Waals surface area contributed by atoms with Crippen molar-refractivity contribution in [2.45, 2.75) is 20.3 Å². The number of aromatic nitrogens is 1. The zero-order valence-corrected chi connectivity index (χ0v) is 13.5. The molecule has 4 nitrogen and oxygen atoms in total. The number of nitrogens with one attached hydrogen (secondary N) is 1. The predicted octanol–water partition coefficient (Wildman–Crippen LogP) is 3.60. The number of aryl methyl sites for hydroxylation is 1. The normalized spacial score (nSPS) is 10.3. The first-order valence-corrected chi connectivity index (χ1v) is 7.59. The summed E-state index contributed by atoms with van der Waals surface area (Å²) in [5.41, 5.74) is 1.58. The van der Waals surface area contributed by atoms with E-state index in [1.165, 1.54) is 18.3 Å². The van der Waals surface area contributed by atoms with Crippen molar-refractivity contribution >= 4 is 44.1 Å². The molecule has 0 aliphatic carbocycles. The Morgan fingerprint density at radius 3 is 2.50 bits per heavy atom. The fourth-order valence-electron chi connectivity index (χ4n) is 1.73. The third-order valence-corrected chi connectivity index (χ3v) is 4.34. The monoisotopic (exact) mass is 352 g/mol. The molecule has 0 bridgehead atoms. The highest BCUT2D eigenvalue weighted by Crippen LogP contribution is 2.23. The van der Waals surface area contributed by atoms with Crippen LogP contribution in [0.2, 0.25) is 0 Å². The van der Waals surface area contributed by atoms with E-state index in [1.54, 1.807) is 6.92 Å². The van der Waals surface area contributed by atoms with Crippen molar-refractivity contribution in [1.29, 1.82) is 0 Å². The van der Waals surface area contributed by atoms with Crippen LogP contribution in [0.3, 0.4) is 0 Å².